The van der Waals surface area contributed by atoms with Crippen LogP contribution in [0, 0.1) is 5.92 Å². The number of benzene rings is 1. The maximum atomic E-state index is 11.7. The molecule has 0 heterocycles. The van der Waals surface area contributed by atoms with Gasteiger partial charge in [0.1, 0.15) is 5.75 Å². The van der Waals surface area contributed by atoms with Crippen molar-refractivity contribution in [1.29, 1.82) is 0 Å². The van der Waals surface area contributed by atoms with Gasteiger partial charge in [0.25, 0.3) is 0 Å². The number of ether oxygens (including phenoxy) is 1. The van der Waals surface area contributed by atoms with E-state index in [1.807, 2.05) is 12.1 Å². The first-order valence-electron chi connectivity index (χ1n) is 8.50. The van der Waals surface area contributed by atoms with Gasteiger partial charge in [-0.25, -0.2) is 0 Å². The third-order valence-electron chi connectivity index (χ3n) is 5.27. The first kappa shape index (κ1) is 18.1. The fraction of sp³-hybridized carbons (Fsp3) is 0.632. The van der Waals surface area contributed by atoms with Crippen LogP contribution >= 0.6 is 0 Å². The van der Waals surface area contributed by atoms with Crippen molar-refractivity contribution >= 4 is 14.3 Å². The Morgan fingerprint density at radius 1 is 1.30 bits per heavy atom. The summed E-state index contributed by atoms with van der Waals surface area (Å²) in [5.41, 5.74) is 1.20. The van der Waals surface area contributed by atoms with Gasteiger partial charge in [0.2, 0.25) is 8.32 Å². The van der Waals surface area contributed by atoms with Gasteiger partial charge in [-0.1, -0.05) is 32.9 Å². The van der Waals surface area contributed by atoms with Crippen LogP contribution in [0.1, 0.15) is 51.5 Å². The Kier molecular flexibility index (Phi) is 5.24. The minimum atomic E-state index is -1.85. The predicted molar refractivity (Wildman–Crippen MR) is 96.4 cm³/mol. The molecule has 1 saturated carbocycles. The van der Waals surface area contributed by atoms with Crippen LogP contribution in [-0.4, -0.2) is 21.4 Å². The molecule has 1 aliphatic rings. The van der Waals surface area contributed by atoms with Crippen LogP contribution in [0.15, 0.2) is 24.3 Å². The minimum Gasteiger partial charge on any atom is -0.543 e. The van der Waals surface area contributed by atoms with Crippen LogP contribution in [-0.2, 0) is 9.53 Å². The lowest BCUT2D eigenvalue weighted by Crippen LogP contribution is -2.43. The van der Waals surface area contributed by atoms with Crippen molar-refractivity contribution in [1.82, 2.24) is 0 Å². The zero-order valence-electron chi connectivity index (χ0n) is 15.3. The molecule has 2 rings (SSSR count). The second kappa shape index (κ2) is 6.68. The minimum absolute atomic E-state index is 0.127. The molecule has 0 aliphatic heterocycles. The maximum absolute atomic E-state index is 11.7. The molecule has 0 unspecified atom stereocenters. The van der Waals surface area contributed by atoms with E-state index in [-0.39, 0.29) is 16.9 Å². The number of hydrogen-bond acceptors (Lipinski definition) is 3. The number of rotatable bonds is 6. The van der Waals surface area contributed by atoms with E-state index in [2.05, 4.69) is 46.0 Å². The molecule has 0 spiro atoms. The van der Waals surface area contributed by atoms with Gasteiger partial charge in [0.05, 0.1) is 13.5 Å². The summed E-state index contributed by atoms with van der Waals surface area (Å²) in [6.07, 6.45) is 2.87. The van der Waals surface area contributed by atoms with Gasteiger partial charge < -0.3 is 9.16 Å². The Balaban J connectivity index is 2.19. The molecule has 1 aliphatic carbocycles. The highest BCUT2D eigenvalue weighted by Crippen LogP contribution is 2.45. The maximum Gasteiger partial charge on any atom is 0.306 e. The van der Waals surface area contributed by atoms with E-state index in [4.69, 9.17) is 9.16 Å². The average Bonchev–Trinajstić information content (AvgIpc) is 3.27. The number of methoxy groups -OCH3 is 1. The largest absolute Gasteiger partial charge is 0.543 e. The number of esters is 1. The molecule has 128 valence electrons. The van der Waals surface area contributed by atoms with Crippen molar-refractivity contribution in [2.24, 2.45) is 5.92 Å². The van der Waals surface area contributed by atoms with E-state index in [0.717, 1.165) is 5.75 Å². The molecule has 23 heavy (non-hydrogen) atoms. The SMILES string of the molecule is COC(=O)C[C@H](c1cccc(O[Si](C)(C)C(C)(C)C)c1)C1CC1. The molecular formula is C19H30O3Si. The molecule has 4 heteroatoms. The zero-order valence-corrected chi connectivity index (χ0v) is 16.3. The first-order chi connectivity index (χ1) is 10.6. The van der Waals surface area contributed by atoms with Gasteiger partial charge in [-0.2, -0.15) is 0 Å². The van der Waals surface area contributed by atoms with Crippen molar-refractivity contribution in [3.8, 4) is 5.75 Å². The predicted octanol–water partition coefficient (Wildman–Crippen LogP) is 5.13. The zero-order chi connectivity index (χ0) is 17.3. The lowest BCUT2D eigenvalue weighted by atomic mass is 9.91. The van der Waals surface area contributed by atoms with Crippen LogP contribution in [0.2, 0.25) is 18.1 Å². The van der Waals surface area contributed by atoms with Crippen LogP contribution in [0.4, 0.5) is 0 Å². The molecule has 1 aromatic rings. The third-order valence-corrected chi connectivity index (χ3v) is 9.63. The van der Waals surface area contributed by atoms with Crippen molar-refractivity contribution in [3.63, 3.8) is 0 Å². The van der Waals surface area contributed by atoms with Gasteiger partial charge in [0, 0.05) is 0 Å². The summed E-state index contributed by atoms with van der Waals surface area (Å²) >= 11 is 0. The molecule has 3 nitrogen and oxygen atoms in total. The Hall–Kier alpha value is -1.29. The molecular weight excluding hydrogens is 304 g/mol. The number of hydrogen-bond donors (Lipinski definition) is 0. The summed E-state index contributed by atoms with van der Waals surface area (Å²) in [6, 6.07) is 8.33. The number of carbonyl (C=O) groups is 1. The topological polar surface area (TPSA) is 35.5 Å². The number of carbonyl (C=O) groups excluding carboxylic acids is 1. The molecule has 0 N–H and O–H groups in total. The van der Waals surface area contributed by atoms with Crippen LogP contribution in [0.3, 0.4) is 0 Å². The van der Waals surface area contributed by atoms with E-state index >= 15 is 0 Å². The summed E-state index contributed by atoms with van der Waals surface area (Å²) in [4.78, 5) is 11.7. The highest BCUT2D eigenvalue weighted by atomic mass is 28.4. The molecule has 1 aromatic carbocycles. The lowest BCUT2D eigenvalue weighted by molar-refractivity contribution is -0.141. The fourth-order valence-corrected chi connectivity index (χ4v) is 3.60. The first-order valence-corrected chi connectivity index (χ1v) is 11.4. The molecule has 1 atom stereocenters. The second-order valence-electron chi connectivity index (χ2n) is 8.16. The highest BCUT2D eigenvalue weighted by molar-refractivity contribution is 6.74. The standard InChI is InChI=1S/C19H30O3Si/c1-19(2,3)23(5,6)22-16-9-7-8-15(12-16)17(14-10-11-14)13-18(20)21-4/h7-9,12,14,17H,10-11,13H2,1-6H3/t17-/m0/s1. The quantitative estimate of drug-likeness (QED) is 0.534. The van der Waals surface area contributed by atoms with Crippen molar-refractivity contribution in [2.45, 2.75) is 64.1 Å². The van der Waals surface area contributed by atoms with Crippen molar-refractivity contribution in [2.75, 3.05) is 7.11 Å². The summed E-state index contributed by atoms with van der Waals surface area (Å²) in [5.74, 6) is 1.67. The van der Waals surface area contributed by atoms with E-state index in [1.54, 1.807) is 0 Å². The molecule has 1 fully saturated rings. The monoisotopic (exact) mass is 334 g/mol. The summed E-state index contributed by atoms with van der Waals surface area (Å²) in [5, 5.41) is 0.172. The molecule has 0 aromatic heterocycles. The Morgan fingerprint density at radius 3 is 2.48 bits per heavy atom. The fourth-order valence-electron chi connectivity index (χ4n) is 2.57. The normalized spacial score (nSPS) is 16.8. The molecule has 0 saturated heterocycles. The lowest BCUT2D eigenvalue weighted by Gasteiger charge is -2.36. The van der Waals surface area contributed by atoms with E-state index in [0.29, 0.717) is 12.3 Å². The Labute approximate surface area is 141 Å². The van der Waals surface area contributed by atoms with E-state index < -0.39 is 8.32 Å². The van der Waals surface area contributed by atoms with Crippen LogP contribution in [0.25, 0.3) is 0 Å². The summed E-state index contributed by atoms with van der Waals surface area (Å²) in [7, 11) is -0.384. The van der Waals surface area contributed by atoms with Gasteiger partial charge in [-0.15, -0.1) is 0 Å². The summed E-state index contributed by atoms with van der Waals surface area (Å²) < 4.78 is 11.3. The van der Waals surface area contributed by atoms with Crippen LogP contribution < -0.4 is 4.43 Å². The van der Waals surface area contributed by atoms with Gasteiger partial charge in [0.15, 0.2) is 0 Å². The van der Waals surface area contributed by atoms with Gasteiger partial charge in [-0.3, -0.25) is 4.79 Å². The Morgan fingerprint density at radius 2 is 1.96 bits per heavy atom. The van der Waals surface area contributed by atoms with Crippen molar-refractivity contribution < 1.29 is 14.0 Å². The van der Waals surface area contributed by atoms with Crippen LogP contribution in [0.5, 0.6) is 5.75 Å². The highest BCUT2D eigenvalue weighted by Gasteiger charge is 2.39. The van der Waals surface area contributed by atoms with Gasteiger partial charge >= 0.3 is 5.97 Å². The van der Waals surface area contributed by atoms with E-state index in [1.165, 1.54) is 25.5 Å². The molecule has 0 radical (unpaired) electrons. The van der Waals surface area contributed by atoms with Crippen molar-refractivity contribution in [3.05, 3.63) is 29.8 Å². The summed E-state index contributed by atoms with van der Waals surface area (Å²) in [6.45, 7) is 11.2. The van der Waals surface area contributed by atoms with Gasteiger partial charge in [-0.05, 0) is 60.5 Å². The Bertz CT molecular complexity index is 556. The average molecular weight is 335 g/mol. The third kappa shape index (κ3) is 4.60. The molecule has 0 bridgehead atoms. The smallest absolute Gasteiger partial charge is 0.306 e. The molecule has 0 amide bonds. The second-order valence-corrected chi connectivity index (χ2v) is 12.9. The van der Waals surface area contributed by atoms with E-state index in [9.17, 15) is 4.79 Å².